The molecular formula is C15H16ClN3OS. The van der Waals surface area contributed by atoms with Gasteiger partial charge >= 0.3 is 0 Å². The van der Waals surface area contributed by atoms with Crippen LogP contribution in [0.3, 0.4) is 0 Å². The normalized spacial score (nSPS) is 10.4. The summed E-state index contributed by atoms with van der Waals surface area (Å²) in [5.74, 6) is 0.218. The fraction of sp³-hybridized carbons (Fsp3) is 0.267. The van der Waals surface area contributed by atoms with Gasteiger partial charge in [-0.3, -0.25) is 4.79 Å². The molecule has 1 amide bonds. The molecular weight excluding hydrogens is 306 g/mol. The van der Waals surface area contributed by atoms with E-state index in [1.807, 2.05) is 38.1 Å². The number of carbonyl (C=O) groups excluding carboxylic acids is 1. The Morgan fingerprint density at radius 3 is 2.57 bits per heavy atom. The van der Waals surface area contributed by atoms with E-state index in [4.69, 9.17) is 11.6 Å². The molecule has 1 heterocycles. The molecule has 1 aromatic heterocycles. The second-order valence-corrected chi connectivity index (χ2v) is 5.94. The van der Waals surface area contributed by atoms with E-state index in [9.17, 15) is 4.79 Å². The number of hydrogen-bond donors (Lipinski definition) is 1. The largest absolute Gasteiger partial charge is 0.351 e. The number of nitrogens with zero attached hydrogens (tertiary/aromatic N) is 2. The Morgan fingerprint density at radius 1 is 1.24 bits per heavy atom. The van der Waals surface area contributed by atoms with Crippen molar-refractivity contribution in [3.05, 3.63) is 52.3 Å². The number of amides is 1. The van der Waals surface area contributed by atoms with Crippen LogP contribution in [0, 0.1) is 13.8 Å². The maximum atomic E-state index is 11.8. The Bertz CT molecular complexity index is 628. The molecule has 0 aliphatic heterocycles. The third-order valence-corrected chi connectivity index (χ3v) is 3.94. The first-order valence-corrected chi connectivity index (χ1v) is 7.86. The highest BCUT2D eigenvalue weighted by Crippen LogP contribution is 2.15. The number of rotatable bonds is 5. The first kappa shape index (κ1) is 15.8. The zero-order chi connectivity index (χ0) is 15.2. The number of aryl methyl sites for hydroxylation is 2. The third-order valence-electron chi connectivity index (χ3n) is 2.73. The lowest BCUT2D eigenvalue weighted by Gasteiger charge is -2.07. The molecule has 0 atom stereocenters. The maximum absolute atomic E-state index is 11.8. The number of halogens is 1. The van der Waals surface area contributed by atoms with E-state index in [-0.39, 0.29) is 11.7 Å². The van der Waals surface area contributed by atoms with E-state index in [1.165, 1.54) is 11.8 Å². The molecule has 21 heavy (non-hydrogen) atoms. The highest BCUT2D eigenvalue weighted by atomic mass is 35.5. The van der Waals surface area contributed by atoms with Crippen molar-refractivity contribution in [3.63, 3.8) is 0 Å². The summed E-state index contributed by atoms with van der Waals surface area (Å²) in [7, 11) is 0. The van der Waals surface area contributed by atoms with Crippen LogP contribution < -0.4 is 5.32 Å². The fourth-order valence-corrected chi connectivity index (χ4v) is 2.76. The van der Waals surface area contributed by atoms with Crippen molar-refractivity contribution in [1.29, 1.82) is 0 Å². The Balaban J connectivity index is 1.84. The molecule has 2 rings (SSSR count). The molecule has 4 nitrogen and oxygen atoms in total. The molecule has 0 aliphatic carbocycles. The average molecular weight is 322 g/mol. The zero-order valence-corrected chi connectivity index (χ0v) is 13.5. The molecule has 0 aliphatic rings. The van der Waals surface area contributed by atoms with Crippen molar-refractivity contribution in [2.45, 2.75) is 25.5 Å². The van der Waals surface area contributed by atoms with Crippen molar-refractivity contribution in [2.24, 2.45) is 0 Å². The van der Waals surface area contributed by atoms with Crippen molar-refractivity contribution >= 4 is 29.3 Å². The monoisotopic (exact) mass is 321 g/mol. The maximum Gasteiger partial charge on any atom is 0.230 e. The topological polar surface area (TPSA) is 54.9 Å². The van der Waals surface area contributed by atoms with Gasteiger partial charge in [-0.2, -0.15) is 0 Å². The van der Waals surface area contributed by atoms with Gasteiger partial charge in [0.25, 0.3) is 0 Å². The van der Waals surface area contributed by atoms with Gasteiger partial charge in [0.05, 0.1) is 5.75 Å². The number of benzene rings is 1. The quantitative estimate of drug-likeness (QED) is 0.679. The second-order valence-electron chi connectivity index (χ2n) is 4.59. The van der Waals surface area contributed by atoms with Gasteiger partial charge in [-0.25, -0.2) is 9.97 Å². The van der Waals surface area contributed by atoms with Crippen LogP contribution in [-0.2, 0) is 11.3 Å². The standard InChI is InChI=1S/C15H16ClN3OS/c1-10-7-11(2)19-15(18-10)21-9-14(20)17-8-12-5-3-4-6-13(12)16/h3-7H,8-9H2,1-2H3,(H,17,20). The summed E-state index contributed by atoms with van der Waals surface area (Å²) in [4.78, 5) is 20.4. The van der Waals surface area contributed by atoms with Crippen molar-refractivity contribution in [2.75, 3.05) is 5.75 Å². The minimum atomic E-state index is -0.0670. The lowest BCUT2D eigenvalue weighted by Crippen LogP contribution is -2.24. The van der Waals surface area contributed by atoms with E-state index in [2.05, 4.69) is 15.3 Å². The smallest absolute Gasteiger partial charge is 0.230 e. The predicted molar refractivity (Wildman–Crippen MR) is 85.5 cm³/mol. The molecule has 0 unspecified atom stereocenters. The summed E-state index contributed by atoms with van der Waals surface area (Å²) >= 11 is 7.37. The SMILES string of the molecule is Cc1cc(C)nc(SCC(=O)NCc2ccccc2Cl)n1. The first-order valence-electron chi connectivity index (χ1n) is 6.50. The van der Waals surface area contributed by atoms with Gasteiger partial charge < -0.3 is 5.32 Å². The van der Waals surface area contributed by atoms with E-state index >= 15 is 0 Å². The van der Waals surface area contributed by atoms with Crippen LogP contribution in [0.15, 0.2) is 35.5 Å². The Labute approximate surface area is 133 Å². The fourth-order valence-electron chi connectivity index (χ4n) is 1.77. The van der Waals surface area contributed by atoms with Gasteiger partial charge in [0.15, 0.2) is 5.16 Å². The Morgan fingerprint density at radius 2 is 1.90 bits per heavy atom. The summed E-state index contributed by atoms with van der Waals surface area (Å²) in [5, 5.41) is 4.12. The number of aromatic nitrogens is 2. The van der Waals surface area contributed by atoms with Crippen molar-refractivity contribution in [3.8, 4) is 0 Å². The molecule has 6 heteroatoms. The van der Waals surface area contributed by atoms with Crippen LogP contribution in [0.2, 0.25) is 5.02 Å². The molecule has 0 saturated carbocycles. The van der Waals surface area contributed by atoms with Gasteiger partial charge in [-0.05, 0) is 31.5 Å². The van der Waals surface area contributed by atoms with Crippen LogP contribution in [0.4, 0.5) is 0 Å². The highest BCUT2D eigenvalue weighted by Gasteiger charge is 2.07. The van der Waals surface area contributed by atoms with Gasteiger partial charge in [0.1, 0.15) is 0 Å². The van der Waals surface area contributed by atoms with E-state index < -0.39 is 0 Å². The van der Waals surface area contributed by atoms with E-state index in [0.29, 0.717) is 16.7 Å². The molecule has 110 valence electrons. The number of carbonyl (C=O) groups is 1. The summed E-state index contributed by atoms with van der Waals surface area (Å²) in [5.41, 5.74) is 2.71. The molecule has 2 aromatic rings. The third kappa shape index (κ3) is 5.02. The number of nitrogens with one attached hydrogen (secondary N) is 1. The van der Waals surface area contributed by atoms with Crippen LogP contribution in [0.1, 0.15) is 17.0 Å². The molecule has 0 fully saturated rings. The molecule has 0 spiro atoms. The van der Waals surface area contributed by atoms with Crippen LogP contribution in [-0.4, -0.2) is 21.6 Å². The number of thioether (sulfide) groups is 1. The van der Waals surface area contributed by atoms with Crippen LogP contribution in [0.25, 0.3) is 0 Å². The highest BCUT2D eigenvalue weighted by molar-refractivity contribution is 7.99. The van der Waals surface area contributed by atoms with Crippen molar-refractivity contribution in [1.82, 2.24) is 15.3 Å². The first-order chi connectivity index (χ1) is 10.0. The number of hydrogen-bond acceptors (Lipinski definition) is 4. The van der Waals surface area contributed by atoms with Gasteiger partial charge in [-0.15, -0.1) is 0 Å². The second kappa shape index (κ2) is 7.43. The van der Waals surface area contributed by atoms with Crippen LogP contribution >= 0.6 is 23.4 Å². The summed E-state index contributed by atoms with van der Waals surface area (Å²) in [6.45, 7) is 4.25. The minimum Gasteiger partial charge on any atom is -0.351 e. The predicted octanol–water partition coefficient (Wildman–Crippen LogP) is 3.16. The lowest BCUT2D eigenvalue weighted by molar-refractivity contribution is -0.118. The van der Waals surface area contributed by atoms with Gasteiger partial charge in [-0.1, -0.05) is 41.6 Å². The zero-order valence-electron chi connectivity index (χ0n) is 11.9. The Kier molecular flexibility index (Phi) is 5.59. The summed E-state index contributed by atoms with van der Waals surface area (Å²) < 4.78 is 0. The lowest BCUT2D eigenvalue weighted by atomic mass is 10.2. The van der Waals surface area contributed by atoms with E-state index in [1.54, 1.807) is 6.07 Å². The summed E-state index contributed by atoms with van der Waals surface area (Å²) in [6.07, 6.45) is 0. The van der Waals surface area contributed by atoms with Crippen molar-refractivity contribution < 1.29 is 4.79 Å². The molecule has 0 bridgehead atoms. The average Bonchev–Trinajstić information content (AvgIpc) is 2.43. The van der Waals surface area contributed by atoms with Crippen LogP contribution in [0.5, 0.6) is 0 Å². The van der Waals surface area contributed by atoms with E-state index in [0.717, 1.165) is 17.0 Å². The molecule has 1 N–H and O–H groups in total. The molecule has 0 saturated heterocycles. The molecule has 1 aromatic carbocycles. The summed E-state index contributed by atoms with van der Waals surface area (Å²) in [6, 6.07) is 9.36. The van der Waals surface area contributed by atoms with Gasteiger partial charge in [0, 0.05) is 23.0 Å². The minimum absolute atomic E-state index is 0.0670. The molecule has 0 radical (unpaired) electrons. The Hall–Kier alpha value is -1.59. The van der Waals surface area contributed by atoms with Gasteiger partial charge in [0.2, 0.25) is 5.91 Å².